The maximum atomic E-state index is 12.5. The van der Waals surface area contributed by atoms with E-state index >= 15 is 0 Å². The van der Waals surface area contributed by atoms with Gasteiger partial charge in [0, 0.05) is 23.1 Å². The number of nitrogens with zero attached hydrogens (tertiary/aromatic N) is 1. The minimum absolute atomic E-state index is 0.375. The van der Waals surface area contributed by atoms with Crippen LogP contribution in [0.4, 0.5) is 0 Å². The summed E-state index contributed by atoms with van der Waals surface area (Å²) in [6.07, 6.45) is 2.55. The highest BCUT2D eigenvalue weighted by Gasteiger charge is 2.41. The van der Waals surface area contributed by atoms with E-state index in [1.165, 1.54) is 0 Å². The SMILES string of the molecule is CC(C)(C)S(=O)N=C1CC2(CCCOC2)Oc2ccc(Br)cc21. The minimum Gasteiger partial charge on any atom is -0.484 e. The van der Waals surface area contributed by atoms with E-state index < -0.39 is 11.0 Å². The van der Waals surface area contributed by atoms with Gasteiger partial charge in [0.2, 0.25) is 0 Å². The van der Waals surface area contributed by atoms with E-state index in [0.717, 1.165) is 40.9 Å². The van der Waals surface area contributed by atoms with Crippen molar-refractivity contribution in [2.45, 2.75) is 50.4 Å². The summed E-state index contributed by atoms with van der Waals surface area (Å²) in [5, 5.41) is 0. The highest BCUT2D eigenvalue weighted by Crippen LogP contribution is 2.39. The van der Waals surface area contributed by atoms with Crippen LogP contribution in [-0.2, 0) is 15.7 Å². The fraction of sp³-hybridized carbons (Fsp3) is 0.588. The minimum atomic E-state index is -1.29. The van der Waals surface area contributed by atoms with Crippen molar-refractivity contribution in [2.75, 3.05) is 13.2 Å². The Labute approximate surface area is 148 Å². The predicted molar refractivity (Wildman–Crippen MR) is 96.6 cm³/mol. The van der Waals surface area contributed by atoms with E-state index in [-0.39, 0.29) is 10.3 Å². The molecule has 1 fully saturated rings. The highest BCUT2D eigenvalue weighted by atomic mass is 79.9. The van der Waals surface area contributed by atoms with Gasteiger partial charge in [0.05, 0.1) is 17.1 Å². The Morgan fingerprint density at radius 1 is 1.35 bits per heavy atom. The van der Waals surface area contributed by atoms with E-state index in [4.69, 9.17) is 9.47 Å². The van der Waals surface area contributed by atoms with E-state index in [9.17, 15) is 4.21 Å². The van der Waals surface area contributed by atoms with E-state index in [0.29, 0.717) is 13.0 Å². The number of fused-ring (bicyclic) bond motifs is 1. The van der Waals surface area contributed by atoms with Gasteiger partial charge in [0.1, 0.15) is 22.3 Å². The lowest BCUT2D eigenvalue weighted by molar-refractivity contribution is -0.0660. The number of ether oxygens (including phenoxy) is 2. The van der Waals surface area contributed by atoms with Gasteiger partial charge in [0.15, 0.2) is 0 Å². The van der Waals surface area contributed by atoms with Crippen LogP contribution in [0.1, 0.15) is 45.6 Å². The molecule has 23 heavy (non-hydrogen) atoms. The van der Waals surface area contributed by atoms with Crippen molar-refractivity contribution in [3.8, 4) is 5.75 Å². The summed E-state index contributed by atoms with van der Waals surface area (Å²) in [6, 6.07) is 5.90. The number of hydrogen-bond donors (Lipinski definition) is 0. The maximum absolute atomic E-state index is 12.5. The molecule has 1 aromatic rings. The van der Waals surface area contributed by atoms with Crippen LogP contribution >= 0.6 is 15.9 Å². The predicted octanol–water partition coefficient (Wildman–Crippen LogP) is 4.03. The first kappa shape index (κ1) is 17.1. The standard InChI is InChI=1S/C17H22BrNO3S/c1-16(2,3)23(20)19-14-10-17(7-4-8-21-11-17)22-15-6-5-12(18)9-13(14)15/h5-6,9H,4,7-8,10-11H2,1-3H3. The first-order chi connectivity index (χ1) is 10.8. The van der Waals surface area contributed by atoms with Gasteiger partial charge in [-0.25, -0.2) is 4.21 Å². The Bertz CT molecular complexity index is 660. The van der Waals surface area contributed by atoms with Crippen LogP contribution in [0.15, 0.2) is 27.1 Å². The smallest absolute Gasteiger partial charge is 0.145 e. The Morgan fingerprint density at radius 3 is 2.78 bits per heavy atom. The second-order valence-electron chi connectivity index (χ2n) is 7.16. The molecular weight excluding hydrogens is 378 g/mol. The van der Waals surface area contributed by atoms with Crippen LogP contribution in [0, 0.1) is 0 Å². The number of rotatable bonds is 1. The Balaban J connectivity index is 2.04. The van der Waals surface area contributed by atoms with E-state index in [2.05, 4.69) is 20.3 Å². The van der Waals surface area contributed by atoms with E-state index in [1.807, 2.05) is 39.0 Å². The van der Waals surface area contributed by atoms with Crippen LogP contribution in [0.25, 0.3) is 0 Å². The average molecular weight is 400 g/mol. The molecule has 0 N–H and O–H groups in total. The van der Waals surface area contributed by atoms with E-state index in [1.54, 1.807) is 0 Å². The Hall–Kier alpha value is -0.720. The van der Waals surface area contributed by atoms with Crippen LogP contribution < -0.4 is 4.74 Å². The number of benzene rings is 1. The van der Waals surface area contributed by atoms with Gasteiger partial charge < -0.3 is 9.47 Å². The topological polar surface area (TPSA) is 47.9 Å². The summed E-state index contributed by atoms with van der Waals surface area (Å²) in [7, 11) is -1.29. The second-order valence-corrected chi connectivity index (χ2v) is 9.98. The van der Waals surface area contributed by atoms with Gasteiger partial charge >= 0.3 is 0 Å². The zero-order valence-electron chi connectivity index (χ0n) is 13.7. The third-order valence-electron chi connectivity index (χ3n) is 4.07. The van der Waals surface area contributed by atoms with Gasteiger partial charge in [0.25, 0.3) is 0 Å². The first-order valence-electron chi connectivity index (χ1n) is 7.85. The van der Waals surface area contributed by atoms with Crippen LogP contribution in [0.5, 0.6) is 5.75 Å². The molecule has 2 unspecified atom stereocenters. The van der Waals surface area contributed by atoms with Crippen molar-refractivity contribution in [1.29, 1.82) is 0 Å². The zero-order valence-corrected chi connectivity index (χ0v) is 16.1. The van der Waals surface area contributed by atoms with Gasteiger partial charge in [-0.1, -0.05) is 15.9 Å². The molecule has 0 saturated carbocycles. The molecule has 0 amide bonds. The first-order valence-corrected chi connectivity index (χ1v) is 9.75. The van der Waals surface area contributed by atoms with Crippen molar-refractivity contribution in [3.05, 3.63) is 28.2 Å². The van der Waals surface area contributed by atoms with Gasteiger partial charge in [-0.15, -0.1) is 0 Å². The number of halogens is 1. The Kier molecular flexibility index (Phi) is 4.69. The van der Waals surface area contributed by atoms with Crippen molar-refractivity contribution in [1.82, 2.24) is 0 Å². The molecule has 126 valence electrons. The van der Waals surface area contributed by atoms with Gasteiger partial charge in [-0.2, -0.15) is 4.40 Å². The lowest BCUT2D eigenvalue weighted by atomic mass is 9.85. The fourth-order valence-electron chi connectivity index (χ4n) is 2.85. The summed E-state index contributed by atoms with van der Waals surface area (Å²) in [4.78, 5) is 0. The maximum Gasteiger partial charge on any atom is 0.145 e. The summed E-state index contributed by atoms with van der Waals surface area (Å²) in [5.74, 6) is 0.801. The summed E-state index contributed by atoms with van der Waals surface area (Å²) < 4.78 is 29.6. The monoisotopic (exact) mass is 399 g/mol. The van der Waals surface area contributed by atoms with Crippen LogP contribution in [0.2, 0.25) is 0 Å². The van der Waals surface area contributed by atoms with Gasteiger partial charge in [-0.3, -0.25) is 0 Å². The lowest BCUT2D eigenvalue weighted by Gasteiger charge is -2.41. The molecular formula is C17H22BrNO3S. The molecule has 0 bridgehead atoms. The molecule has 2 aliphatic heterocycles. The summed E-state index contributed by atoms with van der Waals surface area (Å²) in [5.41, 5.74) is 1.40. The fourth-order valence-corrected chi connectivity index (χ4v) is 3.85. The van der Waals surface area contributed by atoms with Crippen molar-refractivity contribution in [3.63, 3.8) is 0 Å². The normalized spacial score (nSPS) is 27.6. The van der Waals surface area contributed by atoms with Crippen molar-refractivity contribution >= 4 is 32.6 Å². The molecule has 6 heteroatoms. The Morgan fingerprint density at radius 2 is 2.13 bits per heavy atom. The molecule has 1 aromatic carbocycles. The second kappa shape index (κ2) is 6.30. The van der Waals surface area contributed by atoms with Crippen molar-refractivity contribution in [2.24, 2.45) is 4.40 Å². The third-order valence-corrected chi connectivity index (χ3v) is 6.00. The molecule has 2 atom stereocenters. The lowest BCUT2D eigenvalue weighted by Crippen LogP contribution is -2.48. The zero-order chi connectivity index (χ0) is 16.7. The molecule has 2 aliphatic rings. The summed E-state index contributed by atoms with van der Waals surface area (Å²) in [6.45, 7) is 7.15. The molecule has 1 spiro atoms. The quantitative estimate of drug-likeness (QED) is 0.715. The molecule has 0 aliphatic carbocycles. The molecule has 0 aromatic heterocycles. The molecule has 3 rings (SSSR count). The molecule has 2 heterocycles. The largest absolute Gasteiger partial charge is 0.484 e. The summed E-state index contributed by atoms with van der Waals surface area (Å²) >= 11 is 3.50. The molecule has 4 nitrogen and oxygen atoms in total. The number of hydrogen-bond acceptors (Lipinski definition) is 3. The van der Waals surface area contributed by atoms with Crippen molar-refractivity contribution < 1.29 is 13.7 Å². The highest BCUT2D eigenvalue weighted by molar-refractivity contribution is 9.10. The average Bonchev–Trinajstić information content (AvgIpc) is 2.48. The molecule has 0 radical (unpaired) electrons. The van der Waals surface area contributed by atoms with Crippen LogP contribution in [-0.4, -0.2) is 33.5 Å². The van der Waals surface area contributed by atoms with Gasteiger partial charge in [-0.05, 0) is 51.8 Å². The molecule has 1 saturated heterocycles. The van der Waals surface area contributed by atoms with Crippen LogP contribution in [0.3, 0.4) is 0 Å². The third kappa shape index (κ3) is 3.69.